The number of nitrogens with two attached hydrogens (primary N) is 1. The average Bonchev–Trinajstić information content (AvgIpc) is 2.72. The van der Waals surface area contributed by atoms with E-state index in [0.29, 0.717) is 18.4 Å². The largest absolute Gasteiger partial charge is 0.480 e. The minimum absolute atomic E-state index is 0.0240. The van der Waals surface area contributed by atoms with Gasteiger partial charge < -0.3 is 21.1 Å². The number of hydrogen-bond acceptors (Lipinski definition) is 4. The Morgan fingerprint density at radius 2 is 1.78 bits per heavy atom. The molecule has 5 nitrogen and oxygen atoms in total. The summed E-state index contributed by atoms with van der Waals surface area (Å²) in [6.07, 6.45) is 2.71. The summed E-state index contributed by atoms with van der Waals surface area (Å²) in [7, 11) is 2.09. The Bertz CT molecular complexity index is 748. The summed E-state index contributed by atoms with van der Waals surface area (Å²) < 4.78 is 38.2. The molecule has 4 N–H and O–H groups in total. The molecular formula is C23H35BF3N3O2. The molecule has 0 amide bonds. The SMILES string of the molecule is BCCCCC(N)(C(=O)O)[C@H]1C[C@@H](NCC2CCN(c3ccc(C(F)(F)F)cc3)CC2)C1. The van der Waals surface area contributed by atoms with E-state index in [-0.39, 0.29) is 5.92 Å². The van der Waals surface area contributed by atoms with Gasteiger partial charge in [0.2, 0.25) is 0 Å². The van der Waals surface area contributed by atoms with Crippen molar-refractivity contribution in [3.05, 3.63) is 29.8 Å². The van der Waals surface area contributed by atoms with Gasteiger partial charge in [0.25, 0.3) is 0 Å². The molecule has 1 aliphatic heterocycles. The van der Waals surface area contributed by atoms with Gasteiger partial charge in [-0.15, -0.1) is 0 Å². The van der Waals surface area contributed by atoms with Gasteiger partial charge in [-0.1, -0.05) is 19.2 Å². The summed E-state index contributed by atoms with van der Waals surface area (Å²) in [6, 6.07) is 5.72. The molecule has 1 atom stereocenters. The zero-order chi connectivity index (χ0) is 23.4. The molecule has 32 heavy (non-hydrogen) atoms. The van der Waals surface area contributed by atoms with E-state index in [1.54, 1.807) is 12.1 Å². The highest BCUT2D eigenvalue weighted by molar-refractivity contribution is 6.08. The normalized spacial score (nSPS) is 24.1. The molecule has 1 saturated heterocycles. The number of nitrogens with one attached hydrogen (secondary N) is 1. The molecule has 0 spiro atoms. The van der Waals surface area contributed by atoms with Crippen molar-refractivity contribution in [2.75, 3.05) is 24.5 Å². The van der Waals surface area contributed by atoms with Crippen LogP contribution in [0.15, 0.2) is 24.3 Å². The molecular weight excluding hydrogens is 418 g/mol. The quantitative estimate of drug-likeness (QED) is 0.375. The van der Waals surface area contributed by atoms with Crippen molar-refractivity contribution >= 4 is 19.5 Å². The first-order valence-electron chi connectivity index (χ1n) is 11.8. The van der Waals surface area contributed by atoms with Gasteiger partial charge in [-0.05, 0) is 74.8 Å². The number of nitrogens with zero attached hydrogens (tertiary/aromatic N) is 1. The first-order chi connectivity index (χ1) is 15.1. The molecule has 0 aromatic heterocycles. The molecule has 0 radical (unpaired) electrons. The number of rotatable bonds is 10. The number of benzene rings is 1. The van der Waals surface area contributed by atoms with Crippen LogP contribution in [0.2, 0.25) is 6.32 Å². The Hall–Kier alpha value is -1.74. The van der Waals surface area contributed by atoms with E-state index in [1.165, 1.54) is 0 Å². The van der Waals surface area contributed by atoms with Crippen LogP contribution in [0.3, 0.4) is 0 Å². The monoisotopic (exact) mass is 453 g/mol. The first kappa shape index (κ1) is 24.9. The van der Waals surface area contributed by atoms with Crippen molar-refractivity contribution in [1.82, 2.24) is 5.32 Å². The van der Waals surface area contributed by atoms with Crippen LogP contribution in [0.4, 0.5) is 18.9 Å². The molecule has 0 bridgehead atoms. The number of carboxylic acids is 1. The fourth-order valence-electron chi connectivity index (χ4n) is 4.95. The number of piperidine rings is 1. The Morgan fingerprint density at radius 3 is 2.31 bits per heavy atom. The van der Waals surface area contributed by atoms with Crippen molar-refractivity contribution < 1.29 is 23.1 Å². The minimum Gasteiger partial charge on any atom is -0.480 e. The zero-order valence-corrected chi connectivity index (χ0v) is 18.8. The predicted molar refractivity (Wildman–Crippen MR) is 123 cm³/mol. The molecule has 2 aliphatic rings. The zero-order valence-electron chi connectivity index (χ0n) is 18.8. The number of carbonyl (C=O) groups is 1. The van der Waals surface area contributed by atoms with Crippen LogP contribution in [0.25, 0.3) is 0 Å². The third-order valence-electron chi connectivity index (χ3n) is 7.33. The third-order valence-corrected chi connectivity index (χ3v) is 7.33. The molecule has 1 heterocycles. The maximum atomic E-state index is 12.7. The lowest BCUT2D eigenvalue weighted by Gasteiger charge is -2.45. The van der Waals surface area contributed by atoms with Crippen molar-refractivity contribution in [3.63, 3.8) is 0 Å². The number of alkyl halides is 3. The summed E-state index contributed by atoms with van der Waals surface area (Å²) in [6.45, 7) is 2.54. The van der Waals surface area contributed by atoms with Crippen molar-refractivity contribution in [2.45, 2.75) is 69.0 Å². The van der Waals surface area contributed by atoms with Gasteiger partial charge in [0.1, 0.15) is 13.4 Å². The lowest BCUT2D eigenvalue weighted by atomic mass is 9.66. The maximum absolute atomic E-state index is 12.7. The van der Waals surface area contributed by atoms with Crippen molar-refractivity contribution in [2.24, 2.45) is 17.6 Å². The smallest absolute Gasteiger partial charge is 0.416 e. The summed E-state index contributed by atoms with van der Waals surface area (Å²) in [5, 5.41) is 13.2. The summed E-state index contributed by atoms with van der Waals surface area (Å²) in [5.74, 6) is -0.338. The molecule has 1 saturated carbocycles. The van der Waals surface area contributed by atoms with E-state index in [4.69, 9.17) is 5.73 Å². The molecule has 1 aliphatic carbocycles. The fourth-order valence-corrected chi connectivity index (χ4v) is 4.95. The second-order valence-electron chi connectivity index (χ2n) is 9.55. The minimum atomic E-state index is -4.30. The van der Waals surface area contributed by atoms with Crippen LogP contribution in [0, 0.1) is 11.8 Å². The standard InChI is InChI=1S/C23H35BF3N3O2/c24-10-2-1-9-22(28,21(31)32)18-13-19(14-18)29-15-16-7-11-30(12-8-16)20-5-3-17(4-6-20)23(25,26)27/h3-6,16,18-19,29H,1-2,7-15,24,28H2,(H,31,32)/t18-,19+,22?. The molecule has 1 unspecified atom stereocenters. The number of unbranched alkanes of at least 4 members (excludes halogenated alkanes) is 1. The Labute approximate surface area is 189 Å². The summed E-state index contributed by atoms with van der Waals surface area (Å²) >= 11 is 0. The number of halogens is 3. The predicted octanol–water partition coefficient (Wildman–Crippen LogP) is 3.29. The van der Waals surface area contributed by atoms with Crippen LogP contribution < -0.4 is 16.0 Å². The Kier molecular flexibility index (Phi) is 8.14. The van der Waals surface area contributed by atoms with E-state index >= 15 is 0 Å². The summed E-state index contributed by atoms with van der Waals surface area (Å²) in [4.78, 5) is 13.9. The highest BCUT2D eigenvalue weighted by Gasteiger charge is 2.48. The number of anilines is 1. The van der Waals surface area contributed by atoms with Crippen LogP contribution in [0.5, 0.6) is 0 Å². The van der Waals surface area contributed by atoms with E-state index in [2.05, 4.69) is 18.1 Å². The number of aliphatic carboxylic acids is 1. The van der Waals surface area contributed by atoms with Crippen LogP contribution in [0.1, 0.15) is 50.5 Å². The van der Waals surface area contributed by atoms with Crippen LogP contribution in [-0.2, 0) is 11.0 Å². The van der Waals surface area contributed by atoms with Gasteiger partial charge in [0, 0.05) is 24.8 Å². The molecule has 2 fully saturated rings. The highest BCUT2D eigenvalue weighted by Crippen LogP contribution is 2.38. The van der Waals surface area contributed by atoms with E-state index in [0.717, 1.165) is 82.3 Å². The lowest BCUT2D eigenvalue weighted by molar-refractivity contribution is -0.148. The van der Waals surface area contributed by atoms with Crippen LogP contribution >= 0.6 is 0 Å². The molecule has 3 rings (SSSR count). The van der Waals surface area contributed by atoms with Gasteiger partial charge in [-0.25, -0.2) is 0 Å². The van der Waals surface area contributed by atoms with Gasteiger partial charge in [0.05, 0.1) is 5.56 Å². The molecule has 9 heteroatoms. The van der Waals surface area contributed by atoms with E-state index < -0.39 is 23.2 Å². The Morgan fingerprint density at radius 1 is 1.16 bits per heavy atom. The van der Waals surface area contributed by atoms with Crippen LogP contribution in [-0.4, -0.2) is 50.1 Å². The van der Waals surface area contributed by atoms with E-state index in [1.807, 2.05) is 0 Å². The Balaban J connectivity index is 1.38. The maximum Gasteiger partial charge on any atom is 0.416 e. The molecule has 178 valence electrons. The number of hydrogen-bond donors (Lipinski definition) is 3. The van der Waals surface area contributed by atoms with Crippen molar-refractivity contribution in [3.8, 4) is 0 Å². The third kappa shape index (κ3) is 5.98. The first-order valence-corrected chi connectivity index (χ1v) is 11.8. The molecule has 1 aromatic rings. The van der Waals surface area contributed by atoms with Crippen molar-refractivity contribution in [1.29, 1.82) is 0 Å². The lowest BCUT2D eigenvalue weighted by Crippen LogP contribution is -2.61. The number of carboxylic acid groups (broad SMARTS) is 1. The molecule has 1 aromatic carbocycles. The topological polar surface area (TPSA) is 78.6 Å². The second-order valence-corrected chi connectivity index (χ2v) is 9.55. The fraction of sp³-hybridized carbons (Fsp3) is 0.696. The van der Waals surface area contributed by atoms with E-state index in [9.17, 15) is 23.1 Å². The second kappa shape index (κ2) is 10.5. The van der Waals surface area contributed by atoms with Gasteiger partial charge in [-0.3, -0.25) is 4.79 Å². The van der Waals surface area contributed by atoms with Gasteiger partial charge >= 0.3 is 12.1 Å². The average molecular weight is 453 g/mol. The van der Waals surface area contributed by atoms with Gasteiger partial charge in [-0.2, -0.15) is 13.2 Å². The van der Waals surface area contributed by atoms with Gasteiger partial charge in [0.15, 0.2) is 0 Å². The highest BCUT2D eigenvalue weighted by atomic mass is 19.4. The summed E-state index contributed by atoms with van der Waals surface area (Å²) in [5.41, 5.74) is 5.40.